The summed E-state index contributed by atoms with van der Waals surface area (Å²) < 4.78 is 25.7. The molecule has 234 valence electrons. The molecule has 5 N–H and O–H groups in total. The van der Waals surface area contributed by atoms with Crippen molar-refractivity contribution in [2.45, 2.75) is 6.92 Å². The zero-order chi connectivity index (χ0) is 33.4. The number of aryl methyl sites for hydroxylation is 1. The first-order valence-electron chi connectivity index (χ1n) is 13.3. The third-order valence-electron chi connectivity index (χ3n) is 6.22. The lowest BCUT2D eigenvalue weighted by atomic mass is 10.1. The Morgan fingerprint density at radius 2 is 1.13 bits per heavy atom. The Morgan fingerprint density at radius 3 is 1.65 bits per heavy atom. The molecule has 5 rings (SSSR count). The molecule has 0 unspecified atom stereocenters. The molecule has 13 heteroatoms. The topological polar surface area (TPSA) is 126 Å². The molecular formula is C33H24Cl3F2N5O3. The normalized spacial score (nSPS) is 10.3. The van der Waals surface area contributed by atoms with Crippen LogP contribution in [-0.4, -0.2) is 22.7 Å². The van der Waals surface area contributed by atoms with Gasteiger partial charge in [-0.15, -0.1) is 0 Å². The minimum Gasteiger partial charge on any atom is -0.399 e. The quantitative estimate of drug-likeness (QED) is 0.105. The second-order valence-electron chi connectivity index (χ2n) is 9.58. The number of pyridine rings is 1. The first kappa shape index (κ1) is 33.9. The van der Waals surface area contributed by atoms with Gasteiger partial charge in [0.15, 0.2) is 0 Å². The molecule has 0 aliphatic carbocycles. The molecule has 0 saturated carbocycles. The summed E-state index contributed by atoms with van der Waals surface area (Å²) in [7, 11) is 0. The average Bonchev–Trinajstić information content (AvgIpc) is 3.01. The first-order valence-corrected chi connectivity index (χ1v) is 14.5. The number of nitrogens with two attached hydrogens (primary N) is 1. The van der Waals surface area contributed by atoms with Gasteiger partial charge in [-0.05, 0) is 104 Å². The SMILES string of the molecule is Cc1nc(Cl)ccc1C(=O)Nc1ccc(Cl)c(NC(=O)c2ccc(F)cc2)c1.Nc1ccc(Cl)c(NC(=O)c2ccc(F)cc2)c1. The van der Waals surface area contributed by atoms with E-state index in [-0.39, 0.29) is 22.4 Å². The molecule has 8 nitrogen and oxygen atoms in total. The molecule has 0 spiro atoms. The lowest BCUT2D eigenvalue weighted by Crippen LogP contribution is -2.15. The van der Waals surface area contributed by atoms with E-state index >= 15 is 0 Å². The van der Waals surface area contributed by atoms with Crippen LogP contribution in [0.3, 0.4) is 0 Å². The Balaban J connectivity index is 0.000000230. The monoisotopic (exact) mass is 681 g/mol. The molecule has 1 aromatic heterocycles. The van der Waals surface area contributed by atoms with E-state index in [9.17, 15) is 23.2 Å². The fourth-order valence-electron chi connectivity index (χ4n) is 3.90. The van der Waals surface area contributed by atoms with Crippen LogP contribution >= 0.6 is 34.8 Å². The lowest BCUT2D eigenvalue weighted by molar-refractivity contribution is 0.101. The van der Waals surface area contributed by atoms with Gasteiger partial charge in [0, 0.05) is 22.5 Å². The predicted octanol–water partition coefficient (Wildman–Crippen LogP) is 8.65. The maximum Gasteiger partial charge on any atom is 0.257 e. The van der Waals surface area contributed by atoms with Crippen LogP contribution < -0.4 is 21.7 Å². The van der Waals surface area contributed by atoms with Crippen LogP contribution in [0.4, 0.5) is 31.5 Å². The molecule has 46 heavy (non-hydrogen) atoms. The van der Waals surface area contributed by atoms with Gasteiger partial charge in [-0.2, -0.15) is 0 Å². The van der Waals surface area contributed by atoms with E-state index < -0.39 is 17.5 Å². The summed E-state index contributed by atoms with van der Waals surface area (Å²) in [4.78, 5) is 40.7. The first-order chi connectivity index (χ1) is 21.9. The molecule has 0 aliphatic heterocycles. The van der Waals surface area contributed by atoms with Gasteiger partial charge in [-0.25, -0.2) is 13.8 Å². The standard InChI is InChI=1S/C20H14Cl2FN3O2.C13H10ClFN2O/c1-11-15(7-9-18(22)24-11)20(28)25-14-6-8-16(21)17(10-14)26-19(27)12-2-4-13(23)5-3-12;14-11-6-5-10(16)7-12(11)17-13(18)8-1-3-9(15)4-2-8/h2-10H,1H3,(H,25,28)(H,26,27);1-7H,16H2,(H,17,18). The van der Waals surface area contributed by atoms with Crippen molar-refractivity contribution in [3.8, 4) is 0 Å². The van der Waals surface area contributed by atoms with Gasteiger partial charge in [-0.3, -0.25) is 14.4 Å². The molecule has 0 radical (unpaired) electrons. The maximum atomic E-state index is 13.0. The van der Waals surface area contributed by atoms with E-state index in [4.69, 9.17) is 40.5 Å². The Morgan fingerprint density at radius 1 is 0.630 bits per heavy atom. The van der Waals surface area contributed by atoms with Crippen molar-refractivity contribution in [2.24, 2.45) is 0 Å². The molecule has 0 aliphatic rings. The number of halogens is 5. The van der Waals surface area contributed by atoms with Crippen LogP contribution in [0.15, 0.2) is 97.1 Å². The van der Waals surface area contributed by atoms with Crippen LogP contribution in [0.5, 0.6) is 0 Å². The lowest BCUT2D eigenvalue weighted by Gasteiger charge is -2.11. The number of carbonyl (C=O) groups excluding carboxylic acids is 3. The third kappa shape index (κ3) is 9.24. The minimum atomic E-state index is -0.455. The van der Waals surface area contributed by atoms with E-state index in [1.807, 2.05) is 0 Å². The van der Waals surface area contributed by atoms with E-state index in [0.29, 0.717) is 49.7 Å². The van der Waals surface area contributed by atoms with Gasteiger partial charge in [0.05, 0.1) is 32.7 Å². The zero-order valence-electron chi connectivity index (χ0n) is 23.9. The van der Waals surface area contributed by atoms with Gasteiger partial charge in [0.2, 0.25) is 0 Å². The van der Waals surface area contributed by atoms with Crippen molar-refractivity contribution in [2.75, 3.05) is 21.7 Å². The summed E-state index contributed by atoms with van der Waals surface area (Å²) >= 11 is 17.9. The van der Waals surface area contributed by atoms with Gasteiger partial charge >= 0.3 is 0 Å². The van der Waals surface area contributed by atoms with Crippen molar-refractivity contribution in [3.63, 3.8) is 0 Å². The Labute approximate surface area is 277 Å². The fourth-order valence-corrected chi connectivity index (χ4v) is 4.42. The summed E-state index contributed by atoms with van der Waals surface area (Å²) in [6.45, 7) is 1.68. The largest absolute Gasteiger partial charge is 0.399 e. The number of carbonyl (C=O) groups is 3. The highest BCUT2D eigenvalue weighted by atomic mass is 35.5. The molecule has 5 aromatic rings. The number of rotatable bonds is 6. The Hall–Kier alpha value is -5.03. The summed E-state index contributed by atoms with van der Waals surface area (Å²) in [6.07, 6.45) is 0. The van der Waals surface area contributed by atoms with Gasteiger partial charge in [0.1, 0.15) is 16.8 Å². The summed E-state index contributed by atoms with van der Waals surface area (Å²) in [5, 5.41) is 8.96. The number of benzene rings is 4. The van der Waals surface area contributed by atoms with Crippen LogP contribution in [-0.2, 0) is 0 Å². The molecule has 3 amide bonds. The highest BCUT2D eigenvalue weighted by molar-refractivity contribution is 6.34. The third-order valence-corrected chi connectivity index (χ3v) is 7.09. The molecular weight excluding hydrogens is 659 g/mol. The van der Waals surface area contributed by atoms with E-state index in [1.165, 1.54) is 60.7 Å². The van der Waals surface area contributed by atoms with Crippen LogP contribution in [0, 0.1) is 18.6 Å². The number of aromatic nitrogens is 1. The van der Waals surface area contributed by atoms with Gasteiger partial charge < -0.3 is 21.7 Å². The average molecular weight is 683 g/mol. The van der Waals surface area contributed by atoms with Crippen molar-refractivity contribution in [1.29, 1.82) is 0 Å². The summed E-state index contributed by atoms with van der Waals surface area (Å²) in [5.41, 5.74) is 8.73. The maximum absolute atomic E-state index is 13.0. The molecule has 4 aromatic carbocycles. The molecule has 1 heterocycles. The van der Waals surface area contributed by atoms with E-state index in [2.05, 4.69) is 20.9 Å². The highest BCUT2D eigenvalue weighted by Crippen LogP contribution is 2.27. The number of amides is 3. The number of hydrogen-bond donors (Lipinski definition) is 4. The van der Waals surface area contributed by atoms with Crippen LogP contribution in [0.25, 0.3) is 0 Å². The fraction of sp³-hybridized carbons (Fsp3) is 0.0303. The number of nitrogen functional groups attached to an aromatic ring is 1. The zero-order valence-corrected chi connectivity index (χ0v) is 26.1. The minimum absolute atomic E-state index is 0.273. The number of nitrogens with zero attached hydrogens (tertiary/aromatic N) is 1. The van der Waals surface area contributed by atoms with Gasteiger partial charge in [0.25, 0.3) is 17.7 Å². The molecule has 0 atom stereocenters. The van der Waals surface area contributed by atoms with Crippen molar-refractivity contribution in [3.05, 3.63) is 146 Å². The summed E-state index contributed by atoms with van der Waals surface area (Å²) in [6, 6.07) is 22.9. The molecule has 0 bridgehead atoms. The van der Waals surface area contributed by atoms with Crippen LogP contribution in [0.1, 0.15) is 36.8 Å². The molecule has 0 saturated heterocycles. The predicted molar refractivity (Wildman–Crippen MR) is 178 cm³/mol. The second kappa shape index (κ2) is 15.3. The smallest absolute Gasteiger partial charge is 0.257 e. The highest BCUT2D eigenvalue weighted by Gasteiger charge is 2.14. The van der Waals surface area contributed by atoms with Crippen LogP contribution in [0.2, 0.25) is 15.2 Å². The second-order valence-corrected chi connectivity index (χ2v) is 10.8. The van der Waals surface area contributed by atoms with E-state index in [0.717, 1.165) is 0 Å². The van der Waals surface area contributed by atoms with E-state index in [1.54, 1.807) is 43.3 Å². The van der Waals surface area contributed by atoms with Crippen molar-refractivity contribution >= 4 is 75.3 Å². The Bertz CT molecular complexity index is 1910. The number of nitrogens with one attached hydrogen (secondary N) is 3. The Kier molecular flexibility index (Phi) is 11.3. The number of hydrogen-bond acceptors (Lipinski definition) is 5. The van der Waals surface area contributed by atoms with Crippen molar-refractivity contribution < 1.29 is 23.2 Å². The molecule has 0 fully saturated rings. The number of anilines is 4. The van der Waals surface area contributed by atoms with Crippen molar-refractivity contribution in [1.82, 2.24) is 4.98 Å². The van der Waals surface area contributed by atoms with Gasteiger partial charge in [-0.1, -0.05) is 34.8 Å². The summed E-state index contributed by atoms with van der Waals surface area (Å²) in [5.74, 6) is -2.04.